The van der Waals surface area contributed by atoms with E-state index in [-0.39, 0.29) is 18.2 Å². The van der Waals surface area contributed by atoms with E-state index in [0.717, 1.165) is 18.5 Å². The molecule has 0 spiro atoms. The summed E-state index contributed by atoms with van der Waals surface area (Å²) in [6, 6.07) is 7.28. The number of hydrogen-bond donors (Lipinski definition) is 1. The Morgan fingerprint density at radius 2 is 2.06 bits per heavy atom. The molecule has 1 aliphatic heterocycles. The minimum absolute atomic E-state index is 0. The quantitative estimate of drug-likeness (QED) is 0.799. The minimum Gasteiger partial charge on any atom is -0.310 e. The lowest BCUT2D eigenvalue weighted by Crippen LogP contribution is -2.21. The van der Waals surface area contributed by atoms with Crippen LogP contribution >= 0.6 is 12.4 Å². The number of halogens is 2. The summed E-state index contributed by atoms with van der Waals surface area (Å²) in [5.41, 5.74) is 1.49. The maximum absolute atomic E-state index is 13.1. The van der Waals surface area contributed by atoms with Crippen LogP contribution in [0.25, 0.3) is 0 Å². The molecule has 1 saturated heterocycles. The second kappa shape index (κ2) is 5.83. The van der Waals surface area contributed by atoms with Gasteiger partial charge in [-0.2, -0.15) is 0 Å². The third-order valence-corrected chi connectivity index (χ3v) is 3.55. The Labute approximate surface area is 109 Å². The predicted octanol–water partition coefficient (Wildman–Crippen LogP) is 4.09. The van der Waals surface area contributed by atoms with E-state index in [1.54, 1.807) is 12.1 Å². The van der Waals surface area contributed by atoms with Gasteiger partial charge in [0.2, 0.25) is 0 Å². The Balaban J connectivity index is 0.00000144. The largest absolute Gasteiger partial charge is 0.310 e. The van der Waals surface area contributed by atoms with E-state index in [1.165, 1.54) is 18.9 Å². The van der Waals surface area contributed by atoms with E-state index in [9.17, 15) is 4.39 Å². The van der Waals surface area contributed by atoms with Gasteiger partial charge in [-0.05, 0) is 48.9 Å². The molecule has 3 heteroatoms. The van der Waals surface area contributed by atoms with E-state index in [4.69, 9.17) is 0 Å². The molecule has 17 heavy (non-hydrogen) atoms. The number of hydrogen-bond acceptors (Lipinski definition) is 1. The molecule has 1 aliphatic rings. The number of benzene rings is 1. The Morgan fingerprint density at radius 1 is 1.29 bits per heavy atom. The van der Waals surface area contributed by atoms with Gasteiger partial charge in [0.25, 0.3) is 0 Å². The van der Waals surface area contributed by atoms with Crippen molar-refractivity contribution in [2.45, 2.75) is 39.2 Å². The van der Waals surface area contributed by atoms with Crippen LogP contribution < -0.4 is 5.32 Å². The van der Waals surface area contributed by atoms with E-state index in [1.807, 2.05) is 6.07 Å². The molecule has 1 unspecified atom stereocenters. The summed E-state index contributed by atoms with van der Waals surface area (Å²) in [5.74, 6) is -0.136. The molecule has 1 heterocycles. The summed E-state index contributed by atoms with van der Waals surface area (Å²) in [7, 11) is 0. The SMILES string of the molecule is CC1(C)CCNC(c2cccc(F)c2)CC1.Cl. The third kappa shape index (κ3) is 3.97. The predicted molar refractivity (Wildman–Crippen MR) is 72.0 cm³/mol. The third-order valence-electron chi connectivity index (χ3n) is 3.55. The molecule has 0 aliphatic carbocycles. The van der Waals surface area contributed by atoms with Crippen molar-refractivity contribution in [3.05, 3.63) is 35.6 Å². The summed E-state index contributed by atoms with van der Waals surface area (Å²) in [6.45, 7) is 5.64. The Morgan fingerprint density at radius 3 is 2.76 bits per heavy atom. The maximum atomic E-state index is 13.1. The van der Waals surface area contributed by atoms with E-state index >= 15 is 0 Å². The summed E-state index contributed by atoms with van der Waals surface area (Å²) >= 11 is 0. The van der Waals surface area contributed by atoms with Crippen molar-refractivity contribution in [2.75, 3.05) is 6.54 Å². The van der Waals surface area contributed by atoms with Crippen LogP contribution in [0.3, 0.4) is 0 Å². The number of rotatable bonds is 1. The molecule has 1 fully saturated rings. The number of nitrogens with one attached hydrogen (secondary N) is 1. The highest BCUT2D eigenvalue weighted by molar-refractivity contribution is 5.85. The monoisotopic (exact) mass is 257 g/mol. The zero-order valence-corrected chi connectivity index (χ0v) is 11.3. The molecule has 1 aromatic carbocycles. The van der Waals surface area contributed by atoms with Crippen LogP contribution in [0.1, 0.15) is 44.7 Å². The molecule has 1 N–H and O–H groups in total. The lowest BCUT2D eigenvalue weighted by molar-refractivity contribution is 0.320. The average molecular weight is 258 g/mol. The van der Waals surface area contributed by atoms with Gasteiger partial charge >= 0.3 is 0 Å². The van der Waals surface area contributed by atoms with Crippen LogP contribution in [0.4, 0.5) is 4.39 Å². The van der Waals surface area contributed by atoms with Crippen molar-refractivity contribution >= 4 is 12.4 Å². The van der Waals surface area contributed by atoms with Gasteiger partial charge in [-0.3, -0.25) is 0 Å². The second-order valence-corrected chi connectivity index (χ2v) is 5.51. The first-order valence-electron chi connectivity index (χ1n) is 6.06. The summed E-state index contributed by atoms with van der Waals surface area (Å²) in [5, 5.41) is 3.51. The van der Waals surface area contributed by atoms with E-state index in [0.29, 0.717) is 11.5 Å². The Kier molecular flexibility index (Phi) is 4.96. The van der Waals surface area contributed by atoms with Gasteiger partial charge in [0.05, 0.1) is 0 Å². The van der Waals surface area contributed by atoms with Gasteiger partial charge in [0.15, 0.2) is 0 Å². The minimum atomic E-state index is -0.136. The van der Waals surface area contributed by atoms with Crippen molar-refractivity contribution in [1.29, 1.82) is 0 Å². The molecule has 0 radical (unpaired) electrons. The van der Waals surface area contributed by atoms with E-state index in [2.05, 4.69) is 19.2 Å². The van der Waals surface area contributed by atoms with Gasteiger partial charge in [0.1, 0.15) is 5.82 Å². The lowest BCUT2D eigenvalue weighted by Gasteiger charge is -2.21. The van der Waals surface area contributed by atoms with Gasteiger partial charge in [-0.1, -0.05) is 26.0 Å². The van der Waals surface area contributed by atoms with Crippen molar-refractivity contribution in [3.8, 4) is 0 Å². The first-order chi connectivity index (χ1) is 7.57. The fraction of sp³-hybridized carbons (Fsp3) is 0.571. The highest BCUT2D eigenvalue weighted by atomic mass is 35.5. The van der Waals surface area contributed by atoms with Crippen LogP contribution in [0, 0.1) is 11.2 Å². The Bertz CT molecular complexity index is 365. The zero-order valence-electron chi connectivity index (χ0n) is 10.5. The van der Waals surface area contributed by atoms with Crippen LogP contribution in [-0.2, 0) is 0 Å². The molecule has 0 aromatic heterocycles. The lowest BCUT2D eigenvalue weighted by atomic mass is 9.84. The average Bonchev–Trinajstić information content (AvgIpc) is 2.39. The zero-order chi connectivity index (χ0) is 11.6. The van der Waals surface area contributed by atoms with Gasteiger partial charge in [0, 0.05) is 6.04 Å². The molecule has 0 amide bonds. The summed E-state index contributed by atoms with van der Waals surface area (Å²) in [4.78, 5) is 0. The first kappa shape index (κ1) is 14.5. The molecule has 1 atom stereocenters. The Hall–Kier alpha value is -0.600. The molecular formula is C14H21ClFN. The fourth-order valence-electron chi connectivity index (χ4n) is 2.35. The highest BCUT2D eigenvalue weighted by Crippen LogP contribution is 2.33. The summed E-state index contributed by atoms with van der Waals surface area (Å²) in [6.07, 6.45) is 3.48. The van der Waals surface area contributed by atoms with Gasteiger partial charge in [-0.15, -0.1) is 12.4 Å². The van der Waals surface area contributed by atoms with Crippen molar-refractivity contribution in [1.82, 2.24) is 5.32 Å². The highest BCUT2D eigenvalue weighted by Gasteiger charge is 2.24. The molecule has 96 valence electrons. The first-order valence-corrected chi connectivity index (χ1v) is 6.06. The maximum Gasteiger partial charge on any atom is 0.123 e. The standard InChI is InChI=1S/C14H20FN.ClH/c1-14(2)7-6-13(16-9-8-14)11-4-3-5-12(15)10-11;/h3-5,10,13,16H,6-9H2,1-2H3;1H. The van der Waals surface area contributed by atoms with Gasteiger partial charge < -0.3 is 5.32 Å². The smallest absolute Gasteiger partial charge is 0.123 e. The van der Waals surface area contributed by atoms with E-state index < -0.39 is 0 Å². The van der Waals surface area contributed by atoms with Crippen LogP contribution in [-0.4, -0.2) is 6.54 Å². The normalized spacial score (nSPS) is 23.6. The van der Waals surface area contributed by atoms with Crippen molar-refractivity contribution < 1.29 is 4.39 Å². The van der Waals surface area contributed by atoms with Crippen LogP contribution in [0.2, 0.25) is 0 Å². The topological polar surface area (TPSA) is 12.0 Å². The molecular weight excluding hydrogens is 237 g/mol. The second-order valence-electron chi connectivity index (χ2n) is 5.51. The summed E-state index contributed by atoms with van der Waals surface area (Å²) < 4.78 is 13.1. The molecule has 2 rings (SSSR count). The molecule has 0 bridgehead atoms. The van der Waals surface area contributed by atoms with Crippen molar-refractivity contribution in [2.24, 2.45) is 5.41 Å². The van der Waals surface area contributed by atoms with Crippen LogP contribution in [0.5, 0.6) is 0 Å². The molecule has 1 nitrogen and oxygen atoms in total. The molecule has 0 saturated carbocycles. The van der Waals surface area contributed by atoms with Crippen molar-refractivity contribution in [3.63, 3.8) is 0 Å². The fourth-order valence-corrected chi connectivity index (χ4v) is 2.35. The van der Waals surface area contributed by atoms with Crippen LogP contribution in [0.15, 0.2) is 24.3 Å². The molecule has 1 aromatic rings. The van der Waals surface area contributed by atoms with Gasteiger partial charge in [-0.25, -0.2) is 4.39 Å².